The maximum Gasteiger partial charge on any atom is 0.274 e. The predicted molar refractivity (Wildman–Crippen MR) is 253 cm³/mol. The fraction of sp³-hybridized carbons (Fsp3) is 0.167. The van der Waals surface area contributed by atoms with Gasteiger partial charge in [-0.1, -0.05) is 18.2 Å². The molecule has 4 aromatic carbocycles. The van der Waals surface area contributed by atoms with E-state index in [4.69, 9.17) is 11.1 Å². The Morgan fingerprint density at radius 2 is 1.56 bits per heavy atom. The standard InChI is InChI=1S/C48H42F2N12O4/c1-60-10-9-53-47(60)24-61(2)55-21-35-15-30(3-4-32(35)27-65)34-18-42(50)40-12-29(26-64)14-46(58-44(40)20-34)59-54-8-7-37(51)23-62-48(66)38-6-5-31(16-36(38)22-56-62)33-17-41(49)39-11-28(25-63)13-45(52)57-43(39)19-33/h3-8,11-12,15-22,25-27,51,54H,9-10,13-14,23-24H2,1-2H3,(H2,52,57)(H,58,59)/b8-7-,51-37?,55-21-. The maximum absolute atomic E-state index is 15.8. The van der Waals surface area contributed by atoms with E-state index in [1.54, 1.807) is 59.8 Å². The summed E-state index contributed by atoms with van der Waals surface area (Å²) in [4.78, 5) is 64.3. The zero-order valence-corrected chi connectivity index (χ0v) is 35.8. The van der Waals surface area contributed by atoms with Gasteiger partial charge in [0, 0.05) is 78.5 Å². The number of aldehydes is 3. The second-order valence-corrected chi connectivity index (χ2v) is 15.7. The van der Waals surface area contributed by atoms with Crippen LogP contribution in [0.2, 0.25) is 0 Å². The number of carbonyl (C=O) groups excluding carboxylic acids is 3. The zero-order valence-electron chi connectivity index (χ0n) is 35.8. The molecule has 16 nitrogen and oxygen atoms in total. The number of aromatic nitrogens is 2. The number of hydrazine groups is 1. The summed E-state index contributed by atoms with van der Waals surface area (Å²) < 4.78 is 32.2. The van der Waals surface area contributed by atoms with Crippen molar-refractivity contribution >= 4 is 82.6 Å². The molecule has 0 fully saturated rings. The van der Waals surface area contributed by atoms with Gasteiger partial charge in [0.2, 0.25) is 0 Å². The van der Waals surface area contributed by atoms with Crippen LogP contribution >= 0.6 is 0 Å². The number of fused-ring (bicyclic) bond motifs is 3. The van der Waals surface area contributed by atoms with Gasteiger partial charge < -0.3 is 21.5 Å². The smallest absolute Gasteiger partial charge is 0.274 e. The third-order valence-electron chi connectivity index (χ3n) is 11.0. The van der Waals surface area contributed by atoms with Gasteiger partial charge >= 0.3 is 0 Å². The van der Waals surface area contributed by atoms with E-state index in [1.807, 2.05) is 14.1 Å². The lowest BCUT2D eigenvalue weighted by Crippen LogP contribution is -2.34. The van der Waals surface area contributed by atoms with Gasteiger partial charge in [-0.2, -0.15) is 10.2 Å². The number of benzene rings is 4. The fourth-order valence-electron chi connectivity index (χ4n) is 7.58. The van der Waals surface area contributed by atoms with E-state index in [9.17, 15) is 19.2 Å². The van der Waals surface area contributed by atoms with E-state index in [0.29, 0.717) is 68.8 Å². The Kier molecular flexibility index (Phi) is 12.7. The largest absolute Gasteiger partial charge is 0.387 e. The SMILES string of the molecule is CN(CC1=NCCN1C)/N=C\c1cc(-c2cc(F)c3c(c2)N=C(NN/C=C\C(=N)Cn2ncc4cc(-c5cc(F)c6c(c5)N=C(N)CC(C=O)=C6)ccc4c2=O)CC(C=O)=C3)ccc1C=O. The van der Waals surface area contributed by atoms with Gasteiger partial charge in [0.1, 0.15) is 41.7 Å². The molecular formula is C48H42F2N12O4. The highest BCUT2D eigenvalue weighted by Gasteiger charge is 2.19. The lowest BCUT2D eigenvalue weighted by Gasteiger charge is -2.18. The second kappa shape index (κ2) is 19.1. The van der Waals surface area contributed by atoms with Crippen LogP contribution in [0.5, 0.6) is 0 Å². The van der Waals surface area contributed by atoms with Gasteiger partial charge in [-0.25, -0.2) is 23.4 Å². The van der Waals surface area contributed by atoms with E-state index in [0.717, 1.165) is 29.9 Å². The molecule has 5 aromatic rings. The molecule has 0 bridgehead atoms. The summed E-state index contributed by atoms with van der Waals surface area (Å²) in [5, 5.41) is 19.8. The molecule has 0 spiro atoms. The number of allylic oxidation sites excluding steroid dienone is 1. The summed E-state index contributed by atoms with van der Waals surface area (Å²) in [5.41, 5.74) is 15.8. The molecule has 0 saturated carbocycles. The van der Waals surface area contributed by atoms with Crippen molar-refractivity contribution in [3.05, 3.63) is 135 Å². The Bertz CT molecular complexity index is 3130. The number of nitrogens with two attached hydrogens (primary N) is 1. The molecule has 0 atom stereocenters. The molecule has 0 amide bonds. The molecule has 0 radical (unpaired) electrons. The quantitative estimate of drug-likeness (QED) is 0.0602. The molecule has 0 unspecified atom stereocenters. The summed E-state index contributed by atoms with van der Waals surface area (Å²) in [6.45, 7) is 1.91. The van der Waals surface area contributed by atoms with Crippen molar-refractivity contribution in [3.63, 3.8) is 0 Å². The van der Waals surface area contributed by atoms with Gasteiger partial charge in [-0.05, 0) is 82.9 Å². The van der Waals surface area contributed by atoms with Gasteiger partial charge in [-0.3, -0.25) is 34.6 Å². The summed E-state index contributed by atoms with van der Waals surface area (Å²) in [5.74, 6) is 0.196. The highest BCUT2D eigenvalue weighted by Crippen LogP contribution is 2.36. The van der Waals surface area contributed by atoms with Gasteiger partial charge in [0.25, 0.3) is 5.56 Å². The third-order valence-corrected chi connectivity index (χ3v) is 11.0. The minimum Gasteiger partial charge on any atom is -0.387 e. The summed E-state index contributed by atoms with van der Waals surface area (Å²) in [6, 6.07) is 16.1. The molecule has 3 aliphatic rings. The number of rotatable bonds is 14. The Balaban J connectivity index is 0.947. The molecule has 0 saturated heterocycles. The summed E-state index contributed by atoms with van der Waals surface area (Å²) in [7, 11) is 3.78. The van der Waals surface area contributed by atoms with Gasteiger partial charge in [-0.15, -0.1) is 0 Å². The third kappa shape index (κ3) is 9.66. The van der Waals surface area contributed by atoms with Crippen LogP contribution in [-0.4, -0.2) is 102 Å². The zero-order chi connectivity index (χ0) is 46.5. The van der Waals surface area contributed by atoms with Crippen LogP contribution in [0.4, 0.5) is 20.2 Å². The highest BCUT2D eigenvalue weighted by molar-refractivity contribution is 6.01. The Hall–Kier alpha value is -8.54. The molecule has 332 valence electrons. The number of hydrazone groups is 1. The maximum atomic E-state index is 15.8. The molecular weight excluding hydrogens is 847 g/mol. The first-order valence-corrected chi connectivity index (χ1v) is 20.6. The van der Waals surface area contributed by atoms with Crippen LogP contribution in [0.3, 0.4) is 0 Å². The van der Waals surface area contributed by atoms with Crippen molar-refractivity contribution in [2.45, 2.75) is 19.4 Å². The molecule has 5 N–H and O–H groups in total. The van der Waals surface area contributed by atoms with Crippen molar-refractivity contribution in [1.29, 1.82) is 5.41 Å². The average molecular weight is 889 g/mol. The molecule has 8 rings (SSSR count). The van der Waals surface area contributed by atoms with Crippen LogP contribution in [0.25, 0.3) is 45.2 Å². The number of aliphatic imine (C=N–C) groups is 3. The van der Waals surface area contributed by atoms with Crippen LogP contribution < -0.4 is 22.1 Å². The monoisotopic (exact) mass is 888 g/mol. The van der Waals surface area contributed by atoms with Crippen molar-refractivity contribution in [2.75, 3.05) is 33.7 Å². The van der Waals surface area contributed by atoms with Gasteiger partial charge in [0.05, 0.1) is 54.5 Å². The Morgan fingerprint density at radius 1 is 0.879 bits per heavy atom. The molecule has 1 aromatic heterocycles. The van der Waals surface area contributed by atoms with E-state index in [2.05, 4.69) is 40.9 Å². The van der Waals surface area contributed by atoms with E-state index < -0.39 is 17.2 Å². The lowest BCUT2D eigenvalue weighted by atomic mass is 9.97. The number of likely N-dealkylation sites (N-methyl/N-ethyl adjacent to an activating group) is 2. The highest BCUT2D eigenvalue weighted by atomic mass is 19.1. The van der Waals surface area contributed by atoms with Crippen molar-refractivity contribution in [2.24, 2.45) is 25.8 Å². The van der Waals surface area contributed by atoms with Crippen molar-refractivity contribution in [3.8, 4) is 22.3 Å². The molecule has 0 aliphatic carbocycles. The first-order chi connectivity index (χ1) is 31.9. The average Bonchev–Trinajstić information content (AvgIpc) is 3.50. The van der Waals surface area contributed by atoms with Crippen LogP contribution in [0.1, 0.15) is 39.9 Å². The number of carbonyl (C=O) groups is 3. The second-order valence-electron chi connectivity index (χ2n) is 15.7. The first kappa shape index (κ1) is 44.1. The van der Waals surface area contributed by atoms with Crippen molar-refractivity contribution in [1.82, 2.24) is 30.5 Å². The lowest BCUT2D eigenvalue weighted by molar-refractivity contribution is -0.105. The molecule has 4 heterocycles. The summed E-state index contributed by atoms with van der Waals surface area (Å²) >= 11 is 0. The number of nitrogens with one attached hydrogen (secondary N) is 3. The summed E-state index contributed by atoms with van der Waals surface area (Å²) in [6.07, 6.45) is 10.9. The van der Waals surface area contributed by atoms with Crippen LogP contribution in [-0.2, 0) is 16.1 Å². The van der Waals surface area contributed by atoms with Crippen molar-refractivity contribution < 1.29 is 23.2 Å². The van der Waals surface area contributed by atoms with E-state index in [-0.39, 0.29) is 64.8 Å². The Morgan fingerprint density at radius 3 is 2.24 bits per heavy atom. The predicted octanol–water partition coefficient (Wildman–Crippen LogP) is 5.75. The number of hydrogen-bond donors (Lipinski definition) is 4. The van der Waals surface area contributed by atoms with Crippen LogP contribution in [0.15, 0.2) is 115 Å². The minimum atomic E-state index is -0.600. The number of halogens is 2. The number of hydrogen-bond acceptors (Lipinski definition) is 15. The molecule has 3 aliphatic heterocycles. The number of nitrogens with zero attached hydrogens (tertiary/aromatic N) is 8. The molecule has 66 heavy (non-hydrogen) atoms. The van der Waals surface area contributed by atoms with Gasteiger partial charge in [0.15, 0.2) is 6.29 Å². The Labute approximate surface area is 376 Å². The van der Waals surface area contributed by atoms with E-state index >= 15 is 8.78 Å². The first-order valence-electron chi connectivity index (χ1n) is 20.6. The fourth-order valence-corrected chi connectivity index (χ4v) is 7.58. The minimum absolute atomic E-state index is 0.0164. The number of amidine groups is 3. The topological polar surface area (TPSA) is 216 Å². The van der Waals surface area contributed by atoms with E-state index in [1.165, 1.54) is 42.8 Å². The normalized spacial score (nSPS) is 14.6. The molecule has 18 heteroatoms. The van der Waals surface area contributed by atoms with Crippen LogP contribution in [0, 0.1) is 17.0 Å².